The van der Waals surface area contributed by atoms with Gasteiger partial charge in [0.1, 0.15) is 0 Å². The summed E-state index contributed by atoms with van der Waals surface area (Å²) in [6, 6.07) is 7.27. The Morgan fingerprint density at radius 2 is 1.90 bits per heavy atom. The summed E-state index contributed by atoms with van der Waals surface area (Å²) >= 11 is 0. The molecular weight excluding hydrogens is 254 g/mol. The molecule has 0 saturated carbocycles. The number of amides is 2. The molecular formula is C15H23N3O2. The van der Waals surface area contributed by atoms with Crippen molar-refractivity contribution < 1.29 is 9.59 Å². The maximum atomic E-state index is 12.3. The zero-order valence-corrected chi connectivity index (χ0v) is 12.4. The lowest BCUT2D eigenvalue weighted by atomic mass is 10.1. The van der Waals surface area contributed by atoms with E-state index in [1.807, 2.05) is 19.1 Å². The summed E-state index contributed by atoms with van der Waals surface area (Å²) < 4.78 is 0. The van der Waals surface area contributed by atoms with E-state index in [0.717, 1.165) is 12.0 Å². The first-order valence-electron chi connectivity index (χ1n) is 6.76. The number of carbonyl (C=O) groups excluding carboxylic acids is 2. The standard InChI is InChI=1S/C15H23N3O2/c1-4-8-18(11-15(20)17(2)3)14(19)10-12-6-5-7-13(16)9-12/h5-7,9H,4,8,10-11,16H2,1-3H3. The number of rotatable bonds is 6. The highest BCUT2D eigenvalue weighted by Gasteiger charge is 2.17. The highest BCUT2D eigenvalue weighted by molar-refractivity contribution is 5.85. The fourth-order valence-corrected chi connectivity index (χ4v) is 1.86. The Kier molecular flexibility index (Phi) is 6.03. The van der Waals surface area contributed by atoms with Crippen LogP contribution in [-0.2, 0) is 16.0 Å². The second-order valence-electron chi connectivity index (χ2n) is 5.03. The van der Waals surface area contributed by atoms with E-state index in [4.69, 9.17) is 5.73 Å². The van der Waals surface area contributed by atoms with Crippen LogP contribution in [-0.4, -0.2) is 48.8 Å². The van der Waals surface area contributed by atoms with Crippen LogP contribution in [0.25, 0.3) is 0 Å². The summed E-state index contributed by atoms with van der Waals surface area (Å²) in [5.41, 5.74) is 7.21. The summed E-state index contributed by atoms with van der Waals surface area (Å²) in [7, 11) is 3.38. The van der Waals surface area contributed by atoms with Crippen LogP contribution in [0.4, 0.5) is 5.69 Å². The Balaban J connectivity index is 2.71. The molecule has 0 heterocycles. The Hall–Kier alpha value is -2.04. The van der Waals surface area contributed by atoms with Gasteiger partial charge in [-0.25, -0.2) is 0 Å². The van der Waals surface area contributed by atoms with Crippen molar-refractivity contribution in [3.05, 3.63) is 29.8 Å². The molecule has 110 valence electrons. The van der Waals surface area contributed by atoms with E-state index >= 15 is 0 Å². The number of likely N-dealkylation sites (N-methyl/N-ethyl adjacent to an activating group) is 1. The van der Waals surface area contributed by atoms with Crippen LogP contribution in [0.2, 0.25) is 0 Å². The molecule has 0 spiro atoms. The molecule has 5 nitrogen and oxygen atoms in total. The Bertz CT molecular complexity index is 472. The average Bonchev–Trinajstić information content (AvgIpc) is 2.37. The molecule has 1 aromatic carbocycles. The van der Waals surface area contributed by atoms with Crippen molar-refractivity contribution in [2.75, 3.05) is 32.9 Å². The van der Waals surface area contributed by atoms with E-state index in [2.05, 4.69) is 0 Å². The van der Waals surface area contributed by atoms with Gasteiger partial charge >= 0.3 is 0 Å². The van der Waals surface area contributed by atoms with Crippen LogP contribution < -0.4 is 5.73 Å². The monoisotopic (exact) mass is 277 g/mol. The third-order valence-electron chi connectivity index (χ3n) is 2.98. The predicted molar refractivity (Wildman–Crippen MR) is 80.1 cm³/mol. The number of nitrogen functional groups attached to an aromatic ring is 1. The fourth-order valence-electron chi connectivity index (χ4n) is 1.86. The number of nitrogens with two attached hydrogens (primary N) is 1. The molecule has 1 aromatic rings. The third kappa shape index (κ3) is 4.91. The van der Waals surface area contributed by atoms with Gasteiger partial charge in [0, 0.05) is 26.3 Å². The molecule has 0 fully saturated rings. The number of hydrogen-bond donors (Lipinski definition) is 1. The summed E-state index contributed by atoms with van der Waals surface area (Å²) in [4.78, 5) is 27.1. The summed E-state index contributed by atoms with van der Waals surface area (Å²) in [5, 5.41) is 0. The topological polar surface area (TPSA) is 66.6 Å². The maximum Gasteiger partial charge on any atom is 0.241 e. The molecule has 0 bridgehead atoms. The van der Waals surface area contributed by atoms with E-state index in [0.29, 0.717) is 12.2 Å². The largest absolute Gasteiger partial charge is 0.399 e. The minimum atomic E-state index is -0.0700. The molecule has 0 saturated heterocycles. The van der Waals surface area contributed by atoms with Gasteiger partial charge < -0.3 is 15.5 Å². The zero-order chi connectivity index (χ0) is 15.1. The molecule has 5 heteroatoms. The number of carbonyl (C=O) groups is 2. The SMILES string of the molecule is CCCN(CC(=O)N(C)C)C(=O)Cc1cccc(N)c1. The maximum absolute atomic E-state index is 12.3. The van der Waals surface area contributed by atoms with E-state index in [9.17, 15) is 9.59 Å². The van der Waals surface area contributed by atoms with Gasteiger partial charge in [0.25, 0.3) is 0 Å². The summed E-state index contributed by atoms with van der Waals surface area (Å²) in [5.74, 6) is -0.118. The first-order chi connectivity index (χ1) is 9.43. The van der Waals surface area contributed by atoms with E-state index in [1.165, 1.54) is 4.90 Å². The molecule has 0 unspecified atom stereocenters. The number of anilines is 1. The number of nitrogens with zero attached hydrogens (tertiary/aromatic N) is 2. The second kappa shape index (κ2) is 7.53. The van der Waals surface area contributed by atoms with Crippen LogP contribution in [0.5, 0.6) is 0 Å². The van der Waals surface area contributed by atoms with Crippen LogP contribution >= 0.6 is 0 Å². The van der Waals surface area contributed by atoms with Crippen LogP contribution in [0.15, 0.2) is 24.3 Å². The molecule has 0 aromatic heterocycles. The lowest BCUT2D eigenvalue weighted by molar-refractivity contribution is -0.138. The summed E-state index contributed by atoms with van der Waals surface area (Å²) in [6.45, 7) is 2.70. The lowest BCUT2D eigenvalue weighted by Gasteiger charge is -2.23. The number of hydrogen-bond acceptors (Lipinski definition) is 3. The van der Waals surface area contributed by atoms with Crippen LogP contribution in [0.1, 0.15) is 18.9 Å². The van der Waals surface area contributed by atoms with Crippen molar-refractivity contribution in [1.82, 2.24) is 9.80 Å². The van der Waals surface area contributed by atoms with Crippen molar-refractivity contribution in [2.45, 2.75) is 19.8 Å². The first-order valence-corrected chi connectivity index (χ1v) is 6.76. The second-order valence-corrected chi connectivity index (χ2v) is 5.03. The van der Waals surface area contributed by atoms with Gasteiger partial charge in [0.15, 0.2) is 0 Å². The summed E-state index contributed by atoms with van der Waals surface area (Å²) in [6.07, 6.45) is 1.09. The van der Waals surface area contributed by atoms with Gasteiger partial charge in [-0.15, -0.1) is 0 Å². The smallest absolute Gasteiger partial charge is 0.241 e. The van der Waals surface area contributed by atoms with Gasteiger partial charge in [0.2, 0.25) is 11.8 Å². The fraction of sp³-hybridized carbons (Fsp3) is 0.467. The highest BCUT2D eigenvalue weighted by atomic mass is 16.2. The molecule has 1 rings (SSSR count). The van der Waals surface area contributed by atoms with E-state index in [-0.39, 0.29) is 24.8 Å². The normalized spacial score (nSPS) is 10.2. The average molecular weight is 277 g/mol. The van der Waals surface area contributed by atoms with Gasteiger partial charge in [-0.2, -0.15) is 0 Å². The molecule has 0 radical (unpaired) electrons. The van der Waals surface area contributed by atoms with Crippen molar-refractivity contribution >= 4 is 17.5 Å². The van der Waals surface area contributed by atoms with Gasteiger partial charge in [-0.3, -0.25) is 9.59 Å². The van der Waals surface area contributed by atoms with Gasteiger partial charge in [-0.1, -0.05) is 19.1 Å². The first kappa shape index (κ1) is 16.0. The molecule has 2 N–H and O–H groups in total. The lowest BCUT2D eigenvalue weighted by Crippen LogP contribution is -2.41. The van der Waals surface area contributed by atoms with Crippen molar-refractivity contribution in [3.63, 3.8) is 0 Å². The van der Waals surface area contributed by atoms with Gasteiger partial charge in [-0.05, 0) is 24.1 Å². The van der Waals surface area contributed by atoms with Crippen molar-refractivity contribution in [3.8, 4) is 0 Å². The van der Waals surface area contributed by atoms with E-state index in [1.54, 1.807) is 31.1 Å². The Morgan fingerprint density at radius 3 is 2.45 bits per heavy atom. The zero-order valence-electron chi connectivity index (χ0n) is 12.4. The molecule has 0 atom stereocenters. The van der Waals surface area contributed by atoms with Crippen LogP contribution in [0, 0.1) is 0 Å². The highest BCUT2D eigenvalue weighted by Crippen LogP contribution is 2.09. The van der Waals surface area contributed by atoms with Gasteiger partial charge in [0.05, 0.1) is 13.0 Å². The molecule has 20 heavy (non-hydrogen) atoms. The molecule has 0 aliphatic heterocycles. The Morgan fingerprint density at radius 1 is 1.20 bits per heavy atom. The number of benzene rings is 1. The minimum absolute atomic E-state index is 0.0485. The molecule has 0 aliphatic carbocycles. The molecule has 0 aliphatic rings. The minimum Gasteiger partial charge on any atom is -0.399 e. The quantitative estimate of drug-likeness (QED) is 0.793. The predicted octanol–water partition coefficient (Wildman–Crippen LogP) is 1.14. The van der Waals surface area contributed by atoms with E-state index < -0.39 is 0 Å². The van der Waals surface area contributed by atoms with Crippen LogP contribution in [0.3, 0.4) is 0 Å². The van der Waals surface area contributed by atoms with Crippen molar-refractivity contribution in [2.24, 2.45) is 0 Å². The molecule has 2 amide bonds. The Labute approximate surface area is 120 Å². The van der Waals surface area contributed by atoms with Crippen molar-refractivity contribution in [1.29, 1.82) is 0 Å². The third-order valence-corrected chi connectivity index (χ3v) is 2.98.